The van der Waals surface area contributed by atoms with Gasteiger partial charge in [0.15, 0.2) is 0 Å². The molecule has 3 rings (SSSR count). The molecule has 0 aromatic heterocycles. The first-order chi connectivity index (χ1) is 14.6. The van der Waals surface area contributed by atoms with Crippen LogP contribution in [0.1, 0.15) is 22.3 Å². The first-order valence-electron chi connectivity index (χ1n) is 8.95. The summed E-state index contributed by atoms with van der Waals surface area (Å²) < 4.78 is 69.1. The lowest BCUT2D eigenvalue weighted by molar-refractivity contribution is 0.491. The van der Waals surface area contributed by atoms with E-state index in [2.05, 4.69) is 0 Å². The van der Waals surface area contributed by atoms with Crippen molar-refractivity contribution in [3.05, 3.63) is 107 Å². The number of nitrogens with two attached hydrogens (primary N) is 1. The van der Waals surface area contributed by atoms with Crippen molar-refractivity contribution in [3.63, 3.8) is 0 Å². The van der Waals surface area contributed by atoms with Crippen molar-refractivity contribution in [1.29, 1.82) is 0 Å². The van der Waals surface area contributed by atoms with E-state index in [1.54, 1.807) is 42.5 Å². The Labute approximate surface area is 180 Å². The van der Waals surface area contributed by atoms with E-state index in [1.807, 2.05) is 6.07 Å². The number of hydrogen-bond acceptors (Lipinski definition) is 5. The van der Waals surface area contributed by atoms with Crippen LogP contribution in [0, 0.1) is 0 Å². The molecule has 0 saturated carbocycles. The molecule has 0 spiro atoms. The van der Waals surface area contributed by atoms with Crippen molar-refractivity contribution in [2.45, 2.75) is 0 Å². The molecule has 9 heteroatoms. The first kappa shape index (κ1) is 22.4. The zero-order chi connectivity index (χ0) is 22.6. The Bertz CT molecular complexity index is 1360. The molecular formula is C22H19NO6S2. The molecule has 0 aliphatic carbocycles. The van der Waals surface area contributed by atoms with E-state index >= 15 is 0 Å². The highest BCUT2D eigenvalue weighted by Gasteiger charge is 2.32. The molecule has 0 unspecified atom stereocenters. The van der Waals surface area contributed by atoms with Gasteiger partial charge in [-0.2, -0.15) is 16.8 Å². The van der Waals surface area contributed by atoms with E-state index in [9.17, 15) is 25.9 Å². The lowest BCUT2D eigenvalue weighted by atomic mass is 10.0. The van der Waals surface area contributed by atoms with Crippen LogP contribution in [-0.4, -0.2) is 25.9 Å². The summed E-state index contributed by atoms with van der Waals surface area (Å²) in [6.45, 7) is 0. The topological polar surface area (TPSA) is 135 Å². The van der Waals surface area contributed by atoms with Gasteiger partial charge in [-0.3, -0.25) is 9.11 Å². The predicted octanol–water partition coefficient (Wildman–Crippen LogP) is 3.74. The van der Waals surface area contributed by atoms with Crippen molar-refractivity contribution >= 4 is 41.8 Å². The SMILES string of the molecule is NC(=Cc1ccccc1)c1ccccc1C(=C(c1ccccc1)S(=O)(=O)O)S(=O)(=O)O. The van der Waals surface area contributed by atoms with Gasteiger partial charge >= 0.3 is 0 Å². The van der Waals surface area contributed by atoms with Gasteiger partial charge in [-0.05, 0) is 17.2 Å². The van der Waals surface area contributed by atoms with Crippen LogP contribution >= 0.6 is 0 Å². The Morgan fingerprint density at radius 1 is 0.645 bits per heavy atom. The van der Waals surface area contributed by atoms with Crippen LogP contribution in [0.5, 0.6) is 0 Å². The molecule has 7 nitrogen and oxygen atoms in total. The molecule has 3 aromatic rings. The van der Waals surface area contributed by atoms with E-state index in [4.69, 9.17) is 5.73 Å². The maximum Gasteiger partial charge on any atom is 0.296 e. The quantitative estimate of drug-likeness (QED) is 0.379. The molecule has 0 aliphatic heterocycles. The van der Waals surface area contributed by atoms with Crippen molar-refractivity contribution in [3.8, 4) is 0 Å². The predicted molar refractivity (Wildman–Crippen MR) is 121 cm³/mol. The Balaban J connectivity index is 2.40. The second kappa shape index (κ2) is 8.86. The summed E-state index contributed by atoms with van der Waals surface area (Å²) in [6, 6.07) is 21.9. The van der Waals surface area contributed by atoms with Gasteiger partial charge in [-0.15, -0.1) is 0 Å². The molecule has 0 saturated heterocycles. The van der Waals surface area contributed by atoms with E-state index in [-0.39, 0.29) is 22.4 Å². The smallest absolute Gasteiger partial charge is 0.296 e. The van der Waals surface area contributed by atoms with Gasteiger partial charge in [0, 0.05) is 16.8 Å². The lowest BCUT2D eigenvalue weighted by Gasteiger charge is -2.15. The van der Waals surface area contributed by atoms with Crippen molar-refractivity contribution in [2.75, 3.05) is 0 Å². The fraction of sp³-hybridized carbons (Fsp3) is 0. The molecule has 3 aromatic carbocycles. The van der Waals surface area contributed by atoms with Crippen LogP contribution in [0.2, 0.25) is 0 Å². The van der Waals surface area contributed by atoms with Crippen LogP contribution in [-0.2, 0) is 20.2 Å². The van der Waals surface area contributed by atoms with Gasteiger partial charge in [0.05, 0.1) is 0 Å². The van der Waals surface area contributed by atoms with Crippen LogP contribution in [0.15, 0.2) is 84.9 Å². The Morgan fingerprint density at radius 3 is 1.61 bits per heavy atom. The third-order valence-corrected chi connectivity index (χ3v) is 6.39. The number of hydrogen-bond donors (Lipinski definition) is 3. The maximum atomic E-state index is 12.4. The van der Waals surface area contributed by atoms with Gasteiger partial charge < -0.3 is 5.73 Å². The summed E-state index contributed by atoms with van der Waals surface area (Å²) in [7, 11) is -10.2. The normalized spacial score (nSPS) is 13.5. The minimum atomic E-state index is -5.12. The summed E-state index contributed by atoms with van der Waals surface area (Å²) in [6.07, 6.45) is 1.58. The third kappa shape index (κ3) is 5.28. The monoisotopic (exact) mass is 457 g/mol. The average molecular weight is 458 g/mol. The van der Waals surface area contributed by atoms with Gasteiger partial charge in [0.25, 0.3) is 20.2 Å². The van der Waals surface area contributed by atoms with Gasteiger partial charge in [-0.1, -0.05) is 84.9 Å². The van der Waals surface area contributed by atoms with Crippen LogP contribution < -0.4 is 5.73 Å². The maximum absolute atomic E-state index is 12.4. The van der Waals surface area contributed by atoms with Crippen molar-refractivity contribution in [2.24, 2.45) is 5.73 Å². The Hall–Kier alpha value is -3.24. The largest absolute Gasteiger partial charge is 0.398 e. The summed E-state index contributed by atoms with van der Waals surface area (Å²) in [5.41, 5.74) is 6.94. The number of benzene rings is 3. The van der Waals surface area contributed by atoms with Gasteiger partial charge in [-0.25, -0.2) is 0 Å². The first-order valence-corrected chi connectivity index (χ1v) is 11.8. The summed E-state index contributed by atoms with van der Waals surface area (Å²) in [5, 5.41) is 0. The summed E-state index contributed by atoms with van der Waals surface area (Å²) in [5.74, 6) is 0. The molecule has 31 heavy (non-hydrogen) atoms. The second-order valence-corrected chi connectivity index (χ2v) is 9.25. The molecular weight excluding hydrogens is 438 g/mol. The van der Waals surface area contributed by atoms with E-state index in [0.717, 1.165) is 5.56 Å². The fourth-order valence-corrected chi connectivity index (χ4v) is 5.32. The van der Waals surface area contributed by atoms with Crippen LogP contribution in [0.3, 0.4) is 0 Å². The molecule has 4 N–H and O–H groups in total. The molecule has 160 valence electrons. The standard InChI is InChI=1S/C22H19NO6S2/c23-20(15-16-9-3-1-4-10-16)18-13-7-8-14-19(18)22(31(27,28)29)21(30(24,25)26)17-11-5-2-6-12-17/h1-15H,23H2,(H,24,25,26)(H,27,28,29). The fourth-order valence-electron chi connectivity index (χ4n) is 3.10. The van der Waals surface area contributed by atoms with E-state index in [0.29, 0.717) is 0 Å². The molecule has 0 aliphatic rings. The van der Waals surface area contributed by atoms with Gasteiger partial charge in [0.1, 0.15) is 9.81 Å². The molecule has 0 amide bonds. The second-order valence-electron chi connectivity index (χ2n) is 6.53. The van der Waals surface area contributed by atoms with Crippen LogP contribution in [0.25, 0.3) is 21.6 Å². The van der Waals surface area contributed by atoms with Crippen molar-refractivity contribution in [1.82, 2.24) is 0 Å². The Kier molecular flexibility index (Phi) is 6.42. The van der Waals surface area contributed by atoms with E-state index < -0.39 is 30.0 Å². The highest BCUT2D eigenvalue weighted by Crippen LogP contribution is 2.36. The van der Waals surface area contributed by atoms with Gasteiger partial charge in [0.2, 0.25) is 0 Å². The minimum absolute atomic E-state index is 0.113. The van der Waals surface area contributed by atoms with Crippen molar-refractivity contribution < 1.29 is 25.9 Å². The minimum Gasteiger partial charge on any atom is -0.398 e. The zero-order valence-electron chi connectivity index (χ0n) is 16.1. The molecule has 0 atom stereocenters. The number of rotatable bonds is 6. The highest BCUT2D eigenvalue weighted by atomic mass is 32.2. The lowest BCUT2D eigenvalue weighted by Crippen LogP contribution is -2.13. The zero-order valence-corrected chi connectivity index (χ0v) is 17.7. The van der Waals surface area contributed by atoms with Crippen LogP contribution in [0.4, 0.5) is 0 Å². The molecule has 0 bridgehead atoms. The molecule has 0 fully saturated rings. The molecule has 0 radical (unpaired) electrons. The summed E-state index contributed by atoms with van der Waals surface area (Å²) in [4.78, 5) is -1.92. The third-order valence-electron chi connectivity index (χ3n) is 4.36. The van der Waals surface area contributed by atoms with E-state index in [1.165, 1.54) is 42.5 Å². The summed E-state index contributed by atoms with van der Waals surface area (Å²) >= 11 is 0. The molecule has 0 heterocycles. The Morgan fingerprint density at radius 2 is 1.10 bits per heavy atom. The highest BCUT2D eigenvalue weighted by molar-refractivity contribution is 8.01. The average Bonchev–Trinajstić information content (AvgIpc) is 2.71.